The first-order valence-corrected chi connectivity index (χ1v) is 10.1. The Bertz CT molecular complexity index is 1230. The maximum Gasteiger partial charge on any atom is 0.261 e. The topological polar surface area (TPSA) is 75.5 Å². The van der Waals surface area contributed by atoms with Crippen LogP contribution >= 0.6 is 0 Å². The van der Waals surface area contributed by atoms with E-state index < -0.39 is 5.82 Å². The average molecular weight is 422 g/mol. The Morgan fingerprint density at radius 2 is 1.71 bits per heavy atom. The molecule has 7 nitrogen and oxygen atoms in total. The van der Waals surface area contributed by atoms with Crippen molar-refractivity contribution in [2.24, 2.45) is 0 Å². The van der Waals surface area contributed by atoms with Crippen molar-refractivity contribution < 1.29 is 14.0 Å². The molecule has 4 rings (SSSR count). The molecule has 0 atom stereocenters. The Morgan fingerprint density at radius 3 is 2.42 bits per heavy atom. The first-order chi connectivity index (χ1) is 14.8. The summed E-state index contributed by atoms with van der Waals surface area (Å²) in [5.74, 6) is -0.870. The van der Waals surface area contributed by atoms with Crippen molar-refractivity contribution in [3.63, 3.8) is 0 Å². The molecule has 1 fully saturated rings. The Kier molecular flexibility index (Phi) is 5.54. The first-order valence-electron chi connectivity index (χ1n) is 10.1. The van der Waals surface area contributed by atoms with Gasteiger partial charge in [0.05, 0.1) is 17.2 Å². The molecule has 0 bridgehead atoms. The second kappa shape index (κ2) is 8.29. The molecule has 3 aromatic rings. The predicted octanol–water partition coefficient (Wildman–Crippen LogP) is 2.14. The number of fused-ring (bicyclic) bond motifs is 1. The van der Waals surface area contributed by atoms with E-state index in [2.05, 4.69) is 4.98 Å². The van der Waals surface area contributed by atoms with E-state index >= 15 is 0 Å². The van der Waals surface area contributed by atoms with Gasteiger partial charge < -0.3 is 9.80 Å². The molecule has 1 aliphatic heterocycles. The lowest BCUT2D eigenvalue weighted by atomic mass is 10.1. The first kappa shape index (κ1) is 20.7. The fourth-order valence-corrected chi connectivity index (χ4v) is 3.76. The van der Waals surface area contributed by atoms with Gasteiger partial charge in [-0.1, -0.05) is 18.2 Å². The number of piperazine rings is 1. The highest BCUT2D eigenvalue weighted by atomic mass is 19.1. The summed E-state index contributed by atoms with van der Waals surface area (Å²) in [6, 6.07) is 9.82. The molecule has 0 spiro atoms. The Labute approximate surface area is 178 Å². The molecule has 1 saturated heterocycles. The lowest BCUT2D eigenvalue weighted by Crippen LogP contribution is -2.51. The number of nitrogens with zero attached hydrogens (tertiary/aromatic N) is 4. The van der Waals surface area contributed by atoms with Gasteiger partial charge in [0.1, 0.15) is 12.4 Å². The average Bonchev–Trinajstić information content (AvgIpc) is 2.77. The number of para-hydroxylation sites is 1. The molecule has 1 aromatic heterocycles. The highest BCUT2D eigenvalue weighted by Crippen LogP contribution is 2.14. The number of aryl methyl sites for hydroxylation is 2. The van der Waals surface area contributed by atoms with E-state index in [9.17, 15) is 18.8 Å². The molecule has 31 heavy (non-hydrogen) atoms. The lowest BCUT2D eigenvalue weighted by molar-refractivity contribution is -0.133. The maximum atomic E-state index is 13.8. The third kappa shape index (κ3) is 4.05. The summed E-state index contributed by atoms with van der Waals surface area (Å²) >= 11 is 0. The second-order valence-corrected chi connectivity index (χ2v) is 7.79. The van der Waals surface area contributed by atoms with Crippen molar-refractivity contribution in [1.29, 1.82) is 0 Å². The number of amides is 2. The van der Waals surface area contributed by atoms with Crippen LogP contribution in [0.1, 0.15) is 21.5 Å². The number of carbonyl (C=O) groups excluding carboxylic acids is 2. The molecule has 0 radical (unpaired) electrons. The standard InChI is InChI=1S/C23H23FN4O3/c1-15-6-7-17(12-19(15)24)22(30)27-10-8-26(9-11-27)20(29)13-28-14-25-21-16(2)4-3-5-18(21)23(28)31/h3-7,12,14H,8-11,13H2,1-2H3. The summed E-state index contributed by atoms with van der Waals surface area (Å²) in [5, 5.41) is 0.482. The SMILES string of the molecule is Cc1ccc(C(=O)N2CCN(C(=O)Cn3cnc4c(C)cccc4c3=O)CC2)cc1F. The molecule has 0 aliphatic carbocycles. The fourth-order valence-electron chi connectivity index (χ4n) is 3.76. The highest BCUT2D eigenvalue weighted by molar-refractivity contribution is 5.94. The van der Waals surface area contributed by atoms with Crippen LogP contribution in [0.5, 0.6) is 0 Å². The van der Waals surface area contributed by atoms with Gasteiger partial charge in [-0.2, -0.15) is 0 Å². The number of halogens is 1. The van der Waals surface area contributed by atoms with Crippen LogP contribution in [-0.4, -0.2) is 57.3 Å². The van der Waals surface area contributed by atoms with Gasteiger partial charge >= 0.3 is 0 Å². The number of hydrogen-bond acceptors (Lipinski definition) is 4. The smallest absolute Gasteiger partial charge is 0.261 e. The molecular weight excluding hydrogens is 399 g/mol. The van der Waals surface area contributed by atoms with E-state index in [1.54, 1.807) is 41.0 Å². The van der Waals surface area contributed by atoms with E-state index in [-0.39, 0.29) is 23.9 Å². The van der Waals surface area contributed by atoms with E-state index in [1.807, 2.05) is 13.0 Å². The summed E-state index contributed by atoms with van der Waals surface area (Å²) in [7, 11) is 0. The molecule has 2 heterocycles. The summed E-state index contributed by atoms with van der Waals surface area (Å²) in [6.45, 7) is 4.84. The minimum atomic E-state index is -0.413. The number of aromatic nitrogens is 2. The minimum absolute atomic E-state index is 0.104. The van der Waals surface area contributed by atoms with Gasteiger partial charge in [-0.3, -0.25) is 19.0 Å². The predicted molar refractivity (Wildman–Crippen MR) is 114 cm³/mol. The molecular formula is C23H23FN4O3. The van der Waals surface area contributed by atoms with E-state index in [0.29, 0.717) is 48.2 Å². The fraction of sp³-hybridized carbons (Fsp3) is 0.304. The lowest BCUT2D eigenvalue weighted by Gasteiger charge is -2.35. The molecule has 2 aromatic carbocycles. The molecule has 160 valence electrons. The Hall–Kier alpha value is -3.55. The van der Waals surface area contributed by atoms with Crippen LogP contribution < -0.4 is 5.56 Å². The largest absolute Gasteiger partial charge is 0.338 e. The van der Waals surface area contributed by atoms with Gasteiger partial charge in [0.15, 0.2) is 0 Å². The number of hydrogen-bond donors (Lipinski definition) is 0. The van der Waals surface area contributed by atoms with E-state index in [0.717, 1.165) is 5.56 Å². The molecule has 1 aliphatic rings. The van der Waals surface area contributed by atoms with Crippen LogP contribution in [0.3, 0.4) is 0 Å². The Morgan fingerprint density at radius 1 is 1.00 bits per heavy atom. The van der Waals surface area contributed by atoms with Crippen LogP contribution in [0.25, 0.3) is 10.9 Å². The molecule has 0 unspecified atom stereocenters. The van der Waals surface area contributed by atoms with Crippen molar-refractivity contribution in [2.75, 3.05) is 26.2 Å². The van der Waals surface area contributed by atoms with Crippen LogP contribution in [0, 0.1) is 19.7 Å². The van der Waals surface area contributed by atoms with Crippen LogP contribution in [0.4, 0.5) is 4.39 Å². The van der Waals surface area contributed by atoms with Gasteiger partial charge in [-0.05, 0) is 43.2 Å². The second-order valence-electron chi connectivity index (χ2n) is 7.79. The number of rotatable bonds is 3. The van der Waals surface area contributed by atoms with Crippen LogP contribution in [0.2, 0.25) is 0 Å². The van der Waals surface area contributed by atoms with Crippen molar-refractivity contribution >= 4 is 22.7 Å². The Balaban J connectivity index is 1.41. The van der Waals surface area contributed by atoms with Crippen LogP contribution in [0.15, 0.2) is 47.5 Å². The van der Waals surface area contributed by atoms with Gasteiger partial charge in [0.2, 0.25) is 5.91 Å². The quantitative estimate of drug-likeness (QED) is 0.648. The highest BCUT2D eigenvalue weighted by Gasteiger charge is 2.25. The van der Waals surface area contributed by atoms with Crippen molar-refractivity contribution in [1.82, 2.24) is 19.4 Å². The molecule has 0 N–H and O–H groups in total. The third-order valence-electron chi connectivity index (χ3n) is 5.70. The number of carbonyl (C=O) groups is 2. The summed E-state index contributed by atoms with van der Waals surface area (Å²) in [6.07, 6.45) is 1.40. The van der Waals surface area contributed by atoms with Crippen molar-refractivity contribution in [2.45, 2.75) is 20.4 Å². The molecule has 0 saturated carbocycles. The van der Waals surface area contributed by atoms with Gasteiger partial charge in [0.25, 0.3) is 11.5 Å². The summed E-state index contributed by atoms with van der Waals surface area (Å²) in [5.41, 5.74) is 2.07. The normalized spacial score (nSPS) is 14.2. The van der Waals surface area contributed by atoms with Crippen LogP contribution in [-0.2, 0) is 11.3 Å². The third-order valence-corrected chi connectivity index (χ3v) is 5.70. The molecule has 8 heteroatoms. The van der Waals surface area contributed by atoms with Gasteiger partial charge in [0, 0.05) is 31.7 Å². The van der Waals surface area contributed by atoms with Crippen molar-refractivity contribution in [3.8, 4) is 0 Å². The summed E-state index contributed by atoms with van der Waals surface area (Å²) < 4.78 is 15.1. The van der Waals surface area contributed by atoms with E-state index in [4.69, 9.17) is 0 Å². The zero-order chi connectivity index (χ0) is 22.1. The molecule has 2 amide bonds. The minimum Gasteiger partial charge on any atom is -0.338 e. The summed E-state index contributed by atoms with van der Waals surface area (Å²) in [4.78, 5) is 45.7. The number of benzene rings is 2. The van der Waals surface area contributed by atoms with E-state index in [1.165, 1.54) is 17.0 Å². The van der Waals surface area contributed by atoms with Gasteiger partial charge in [-0.15, -0.1) is 0 Å². The zero-order valence-electron chi connectivity index (χ0n) is 17.5. The monoisotopic (exact) mass is 422 g/mol. The van der Waals surface area contributed by atoms with Gasteiger partial charge in [-0.25, -0.2) is 9.37 Å². The zero-order valence-corrected chi connectivity index (χ0v) is 17.5. The maximum absolute atomic E-state index is 13.8. The van der Waals surface area contributed by atoms with Crippen molar-refractivity contribution in [3.05, 3.63) is 75.6 Å².